The fourth-order valence-electron chi connectivity index (χ4n) is 1.01. The predicted molar refractivity (Wildman–Crippen MR) is 52.4 cm³/mol. The van der Waals surface area contributed by atoms with Crippen molar-refractivity contribution in [3.63, 3.8) is 0 Å². The zero-order valence-corrected chi connectivity index (χ0v) is 7.97. The first-order valence-corrected chi connectivity index (χ1v) is 4.75. The average Bonchev–Trinajstić information content (AvgIpc) is 2.04. The van der Waals surface area contributed by atoms with Gasteiger partial charge in [-0.3, -0.25) is 0 Å². The van der Waals surface area contributed by atoms with Crippen LogP contribution >= 0.6 is 0 Å². The first kappa shape index (κ1) is 10.7. The summed E-state index contributed by atoms with van der Waals surface area (Å²) in [6, 6.07) is 0. The lowest BCUT2D eigenvalue weighted by Crippen LogP contribution is -1.90. The summed E-state index contributed by atoms with van der Waals surface area (Å²) in [5.41, 5.74) is 0. The van der Waals surface area contributed by atoms with Crippen LogP contribution in [0.1, 0.15) is 46.0 Å². The van der Waals surface area contributed by atoms with Gasteiger partial charge in [0.05, 0.1) is 0 Å². The van der Waals surface area contributed by atoms with E-state index in [4.69, 9.17) is 0 Å². The standard InChI is InChI=1S/C11H21/c1-4-6-7-8-9-10-11(3)5-2/h6-7,11H,2,4-5,8-10H2,1,3H3. The lowest BCUT2D eigenvalue weighted by atomic mass is 10.0. The maximum absolute atomic E-state index is 3.88. The van der Waals surface area contributed by atoms with E-state index < -0.39 is 0 Å². The highest BCUT2D eigenvalue weighted by molar-refractivity contribution is 4.79. The first-order chi connectivity index (χ1) is 5.31. The zero-order valence-electron chi connectivity index (χ0n) is 7.97. The lowest BCUT2D eigenvalue weighted by Gasteiger charge is -2.05. The SMILES string of the molecule is [CH2]CC(C)CCCC=CCC. The second kappa shape index (κ2) is 7.84. The third-order valence-corrected chi connectivity index (χ3v) is 1.96. The van der Waals surface area contributed by atoms with Crippen molar-refractivity contribution in [2.75, 3.05) is 0 Å². The second-order valence-electron chi connectivity index (χ2n) is 3.20. The Hall–Kier alpha value is -0.260. The van der Waals surface area contributed by atoms with Crippen molar-refractivity contribution < 1.29 is 0 Å². The molecule has 0 amide bonds. The Morgan fingerprint density at radius 3 is 2.64 bits per heavy atom. The zero-order chi connectivity index (χ0) is 8.53. The van der Waals surface area contributed by atoms with Gasteiger partial charge in [-0.1, -0.05) is 45.8 Å². The minimum Gasteiger partial charge on any atom is -0.0888 e. The number of hydrogen-bond acceptors (Lipinski definition) is 0. The molecule has 0 saturated carbocycles. The molecule has 0 aliphatic heterocycles. The average molecular weight is 153 g/mol. The van der Waals surface area contributed by atoms with Crippen LogP contribution in [0.2, 0.25) is 0 Å². The summed E-state index contributed by atoms with van der Waals surface area (Å²) in [5, 5.41) is 0. The minimum absolute atomic E-state index is 0.810. The molecule has 0 saturated heterocycles. The molecule has 0 aromatic heterocycles. The van der Waals surface area contributed by atoms with Gasteiger partial charge in [-0.25, -0.2) is 0 Å². The van der Waals surface area contributed by atoms with Crippen LogP contribution in [0.25, 0.3) is 0 Å². The van der Waals surface area contributed by atoms with Gasteiger partial charge in [0.15, 0.2) is 0 Å². The monoisotopic (exact) mass is 153 g/mol. The van der Waals surface area contributed by atoms with Gasteiger partial charge in [0, 0.05) is 0 Å². The summed E-state index contributed by atoms with van der Waals surface area (Å²) in [6.07, 6.45) is 10.7. The van der Waals surface area contributed by atoms with Gasteiger partial charge in [0.1, 0.15) is 0 Å². The van der Waals surface area contributed by atoms with Crippen LogP contribution in [0.15, 0.2) is 12.2 Å². The van der Waals surface area contributed by atoms with Gasteiger partial charge in [-0.15, -0.1) is 0 Å². The normalized spacial score (nSPS) is 14.1. The predicted octanol–water partition coefficient (Wildman–Crippen LogP) is 3.98. The Morgan fingerprint density at radius 1 is 1.36 bits per heavy atom. The molecule has 0 heteroatoms. The van der Waals surface area contributed by atoms with E-state index in [0.717, 1.165) is 12.3 Å². The third-order valence-electron chi connectivity index (χ3n) is 1.96. The van der Waals surface area contributed by atoms with Gasteiger partial charge in [-0.2, -0.15) is 0 Å². The quantitative estimate of drug-likeness (QED) is 0.400. The van der Waals surface area contributed by atoms with E-state index in [2.05, 4.69) is 32.9 Å². The maximum Gasteiger partial charge on any atom is -0.0351 e. The molecule has 0 spiro atoms. The van der Waals surface area contributed by atoms with Crippen molar-refractivity contribution in [1.82, 2.24) is 0 Å². The molecule has 0 aromatic rings. The largest absolute Gasteiger partial charge is 0.0888 e. The highest BCUT2D eigenvalue weighted by atomic mass is 14.0. The van der Waals surface area contributed by atoms with Crippen LogP contribution in [0.3, 0.4) is 0 Å². The van der Waals surface area contributed by atoms with Gasteiger partial charge < -0.3 is 0 Å². The molecular weight excluding hydrogens is 132 g/mol. The molecular formula is C11H21. The number of rotatable bonds is 6. The van der Waals surface area contributed by atoms with Crippen LogP contribution in [-0.2, 0) is 0 Å². The van der Waals surface area contributed by atoms with E-state index in [1.54, 1.807) is 0 Å². The van der Waals surface area contributed by atoms with Crippen LogP contribution in [0.5, 0.6) is 0 Å². The second-order valence-corrected chi connectivity index (χ2v) is 3.20. The fourth-order valence-corrected chi connectivity index (χ4v) is 1.01. The van der Waals surface area contributed by atoms with E-state index in [-0.39, 0.29) is 0 Å². The van der Waals surface area contributed by atoms with Crippen LogP contribution in [0.4, 0.5) is 0 Å². The third kappa shape index (κ3) is 7.64. The first-order valence-electron chi connectivity index (χ1n) is 4.75. The van der Waals surface area contributed by atoms with Crippen LogP contribution in [-0.4, -0.2) is 0 Å². The highest BCUT2D eigenvalue weighted by Crippen LogP contribution is 2.10. The van der Waals surface area contributed by atoms with E-state index in [1.807, 2.05) is 0 Å². The van der Waals surface area contributed by atoms with Crippen molar-refractivity contribution in [3.8, 4) is 0 Å². The molecule has 0 heterocycles. The fraction of sp³-hybridized carbons (Fsp3) is 0.727. The number of hydrogen-bond donors (Lipinski definition) is 0. The topological polar surface area (TPSA) is 0 Å². The molecule has 0 nitrogen and oxygen atoms in total. The van der Waals surface area contributed by atoms with Gasteiger partial charge in [0.2, 0.25) is 0 Å². The number of unbranched alkanes of at least 4 members (excludes halogenated alkanes) is 1. The summed E-state index contributed by atoms with van der Waals surface area (Å²) < 4.78 is 0. The van der Waals surface area contributed by atoms with Gasteiger partial charge >= 0.3 is 0 Å². The van der Waals surface area contributed by atoms with Crippen LogP contribution < -0.4 is 0 Å². The van der Waals surface area contributed by atoms with Crippen molar-refractivity contribution in [1.29, 1.82) is 0 Å². The molecule has 65 valence electrons. The van der Waals surface area contributed by atoms with E-state index in [0.29, 0.717) is 0 Å². The molecule has 0 aromatic carbocycles. The van der Waals surface area contributed by atoms with Crippen LogP contribution in [0, 0.1) is 12.8 Å². The Balaban J connectivity index is 3.07. The van der Waals surface area contributed by atoms with Crippen molar-refractivity contribution in [2.45, 2.75) is 46.0 Å². The molecule has 0 N–H and O–H groups in total. The molecule has 0 rings (SSSR count). The molecule has 1 radical (unpaired) electrons. The summed E-state index contributed by atoms with van der Waals surface area (Å²) in [5.74, 6) is 0.810. The molecule has 1 unspecified atom stereocenters. The van der Waals surface area contributed by atoms with Gasteiger partial charge in [-0.05, 0) is 25.2 Å². The molecule has 0 aliphatic carbocycles. The number of allylic oxidation sites excluding steroid dienone is 2. The molecule has 1 atom stereocenters. The van der Waals surface area contributed by atoms with Crippen molar-refractivity contribution >= 4 is 0 Å². The molecule has 11 heavy (non-hydrogen) atoms. The minimum atomic E-state index is 0.810. The summed E-state index contributed by atoms with van der Waals surface area (Å²) >= 11 is 0. The lowest BCUT2D eigenvalue weighted by molar-refractivity contribution is 0.518. The van der Waals surface area contributed by atoms with E-state index >= 15 is 0 Å². The van der Waals surface area contributed by atoms with Crippen molar-refractivity contribution in [2.24, 2.45) is 5.92 Å². The Kier molecular flexibility index (Phi) is 7.66. The molecule has 0 fully saturated rings. The van der Waals surface area contributed by atoms with Gasteiger partial charge in [0.25, 0.3) is 0 Å². The summed E-state index contributed by atoms with van der Waals surface area (Å²) in [7, 11) is 0. The van der Waals surface area contributed by atoms with Crippen molar-refractivity contribution in [3.05, 3.63) is 19.1 Å². The Labute approximate surface area is 71.7 Å². The van der Waals surface area contributed by atoms with E-state index in [9.17, 15) is 0 Å². The Morgan fingerprint density at radius 2 is 2.09 bits per heavy atom. The molecule has 0 bridgehead atoms. The Bertz CT molecular complexity index is 92.2. The summed E-state index contributed by atoms with van der Waals surface area (Å²) in [6.45, 7) is 8.33. The molecule has 0 aliphatic rings. The summed E-state index contributed by atoms with van der Waals surface area (Å²) in [4.78, 5) is 0. The van der Waals surface area contributed by atoms with E-state index in [1.165, 1.54) is 25.7 Å². The smallest absolute Gasteiger partial charge is 0.0351 e. The maximum atomic E-state index is 3.88. The highest BCUT2D eigenvalue weighted by Gasteiger charge is 1.95.